The van der Waals surface area contributed by atoms with Crippen molar-refractivity contribution in [1.29, 1.82) is 0 Å². The number of rotatable bonds is 5. The molecular weight excluding hydrogens is 290 g/mol. The average molecular weight is 309 g/mol. The highest BCUT2D eigenvalue weighted by atomic mass is 32.1. The number of hydrogen-bond donors (Lipinski definition) is 1. The monoisotopic (exact) mass is 309 g/mol. The highest BCUT2D eigenvalue weighted by Gasteiger charge is 2.33. The summed E-state index contributed by atoms with van der Waals surface area (Å²) in [5, 5.41) is 1.06. The Morgan fingerprint density at radius 3 is 2.62 bits per heavy atom. The van der Waals surface area contributed by atoms with Gasteiger partial charge in [0.1, 0.15) is 6.54 Å². The second-order valence-electron chi connectivity index (χ2n) is 5.15. The summed E-state index contributed by atoms with van der Waals surface area (Å²) in [5.41, 5.74) is 3.76. The van der Waals surface area contributed by atoms with Gasteiger partial charge in [-0.05, 0) is 38.3 Å². The number of carbonyl (C=O) groups is 3. The number of hydrazine groups is 1. The van der Waals surface area contributed by atoms with E-state index in [2.05, 4.69) is 25.3 Å². The Balaban J connectivity index is 1.77. The molecule has 114 valence electrons. The number of nitrogens with one attached hydrogen (secondary N) is 1. The maximum absolute atomic E-state index is 11.8. The number of aryl methyl sites for hydroxylation is 3. The van der Waals surface area contributed by atoms with E-state index in [-0.39, 0.29) is 18.4 Å². The topological polar surface area (TPSA) is 69.7 Å². The van der Waals surface area contributed by atoms with Crippen LogP contribution < -0.4 is 5.43 Å². The first-order valence-corrected chi connectivity index (χ1v) is 7.63. The van der Waals surface area contributed by atoms with Crippen molar-refractivity contribution in [2.45, 2.75) is 33.1 Å². The molecule has 0 unspecified atom stereocenters. The Kier molecular flexibility index (Phi) is 4.62. The molecule has 0 spiro atoms. The third kappa shape index (κ3) is 3.60. The number of nitrogens with zero attached hydrogens (tertiary/aromatic N) is 2. The van der Waals surface area contributed by atoms with E-state index in [1.165, 1.54) is 22.4 Å². The Morgan fingerprint density at radius 1 is 1.38 bits per heavy atom. The number of urea groups is 1. The van der Waals surface area contributed by atoms with Crippen molar-refractivity contribution in [2.75, 3.05) is 13.6 Å². The van der Waals surface area contributed by atoms with Crippen LogP contribution in [-0.4, -0.2) is 41.3 Å². The minimum Gasteiger partial charge on any atom is -0.273 e. The smallest absolute Gasteiger partial charge is 0.273 e. The molecular formula is C14H19N3O3S. The van der Waals surface area contributed by atoms with Gasteiger partial charge in [-0.2, -0.15) is 0 Å². The first-order valence-electron chi connectivity index (χ1n) is 6.82. The van der Waals surface area contributed by atoms with Gasteiger partial charge in [0.05, 0.1) is 0 Å². The first-order chi connectivity index (χ1) is 9.88. The van der Waals surface area contributed by atoms with Crippen LogP contribution in [-0.2, 0) is 16.0 Å². The van der Waals surface area contributed by atoms with Crippen molar-refractivity contribution in [1.82, 2.24) is 15.3 Å². The largest absolute Gasteiger partial charge is 0.345 e. The van der Waals surface area contributed by atoms with Crippen molar-refractivity contribution < 1.29 is 14.4 Å². The quantitative estimate of drug-likeness (QED) is 0.840. The van der Waals surface area contributed by atoms with Crippen LogP contribution in [0.4, 0.5) is 4.79 Å². The molecule has 2 heterocycles. The second-order valence-corrected chi connectivity index (χ2v) is 6.61. The minimum atomic E-state index is -0.488. The van der Waals surface area contributed by atoms with Crippen LogP contribution >= 0.6 is 11.3 Å². The van der Waals surface area contributed by atoms with Gasteiger partial charge in [-0.1, -0.05) is 0 Å². The number of imide groups is 1. The Morgan fingerprint density at radius 2 is 2.10 bits per heavy atom. The van der Waals surface area contributed by atoms with Gasteiger partial charge < -0.3 is 0 Å². The molecule has 0 radical (unpaired) electrons. The summed E-state index contributed by atoms with van der Waals surface area (Å²) in [6, 6.07) is 1.66. The lowest BCUT2D eigenvalue weighted by Gasteiger charge is -2.15. The van der Waals surface area contributed by atoms with E-state index in [1.807, 2.05) is 0 Å². The highest BCUT2D eigenvalue weighted by molar-refractivity contribution is 7.12. The maximum atomic E-state index is 11.8. The summed E-state index contributed by atoms with van der Waals surface area (Å²) in [7, 11) is 1.40. The molecule has 2 rings (SSSR count). The Labute approximate surface area is 127 Å². The molecule has 1 aromatic heterocycles. The molecule has 1 aliphatic rings. The summed E-state index contributed by atoms with van der Waals surface area (Å²) in [4.78, 5) is 38.3. The summed E-state index contributed by atoms with van der Waals surface area (Å²) in [6.07, 6.45) is 1.89. The summed E-state index contributed by atoms with van der Waals surface area (Å²) < 4.78 is 0. The predicted octanol–water partition coefficient (Wildman–Crippen LogP) is 1.61. The lowest BCUT2D eigenvalue weighted by Crippen LogP contribution is -2.44. The summed E-state index contributed by atoms with van der Waals surface area (Å²) in [5.74, 6) is -0.555. The molecule has 0 atom stereocenters. The molecule has 1 N–H and O–H groups in total. The number of amides is 4. The molecule has 1 aliphatic heterocycles. The molecule has 0 saturated carbocycles. The van der Waals surface area contributed by atoms with E-state index >= 15 is 0 Å². The molecule has 7 heteroatoms. The molecule has 21 heavy (non-hydrogen) atoms. The van der Waals surface area contributed by atoms with Crippen molar-refractivity contribution in [3.8, 4) is 0 Å². The zero-order valence-corrected chi connectivity index (χ0v) is 13.2. The van der Waals surface area contributed by atoms with Crippen LogP contribution in [0.1, 0.15) is 28.2 Å². The lowest BCUT2D eigenvalue weighted by atomic mass is 10.1. The molecule has 6 nitrogen and oxygen atoms in total. The van der Waals surface area contributed by atoms with Crippen LogP contribution in [0, 0.1) is 13.8 Å². The second kappa shape index (κ2) is 6.26. The van der Waals surface area contributed by atoms with Gasteiger partial charge in [0.2, 0.25) is 5.91 Å². The standard InChI is InChI=1S/C14H19N3O3S/c1-9-7-11(10(2)21-9)5-4-6-12(18)15-17-8-13(19)16(3)14(17)20/h7H,4-6,8H2,1-3H3,(H,15,18). The van der Waals surface area contributed by atoms with Gasteiger partial charge in [0.15, 0.2) is 0 Å². The van der Waals surface area contributed by atoms with Crippen LogP contribution in [0.15, 0.2) is 6.07 Å². The lowest BCUT2D eigenvalue weighted by molar-refractivity contribution is -0.126. The molecule has 1 aromatic rings. The van der Waals surface area contributed by atoms with E-state index in [0.717, 1.165) is 16.3 Å². The van der Waals surface area contributed by atoms with Crippen LogP contribution in [0.2, 0.25) is 0 Å². The third-order valence-corrected chi connectivity index (χ3v) is 4.45. The zero-order valence-electron chi connectivity index (χ0n) is 12.4. The zero-order chi connectivity index (χ0) is 15.6. The van der Waals surface area contributed by atoms with Gasteiger partial charge in [-0.25, -0.2) is 9.80 Å². The number of likely N-dealkylation sites (N-methyl/N-ethyl adjacent to an activating group) is 1. The van der Waals surface area contributed by atoms with Crippen LogP contribution in [0.3, 0.4) is 0 Å². The normalized spacial score (nSPS) is 15.0. The van der Waals surface area contributed by atoms with Gasteiger partial charge in [0.25, 0.3) is 5.91 Å². The van der Waals surface area contributed by atoms with Crippen LogP contribution in [0.25, 0.3) is 0 Å². The maximum Gasteiger partial charge on any atom is 0.345 e. The van der Waals surface area contributed by atoms with E-state index in [9.17, 15) is 14.4 Å². The first kappa shape index (κ1) is 15.5. The SMILES string of the molecule is Cc1cc(CCCC(=O)NN2CC(=O)N(C)C2=O)c(C)s1. The minimum absolute atomic E-state index is 0.0933. The fraction of sp³-hybridized carbons (Fsp3) is 0.500. The number of thiophene rings is 1. The highest BCUT2D eigenvalue weighted by Crippen LogP contribution is 2.22. The van der Waals surface area contributed by atoms with Gasteiger partial charge >= 0.3 is 6.03 Å². The molecule has 0 aromatic carbocycles. The molecule has 0 bridgehead atoms. The number of hydrogen-bond acceptors (Lipinski definition) is 4. The van der Waals surface area contributed by atoms with Crippen molar-refractivity contribution >= 4 is 29.2 Å². The Hall–Kier alpha value is -1.89. The predicted molar refractivity (Wildman–Crippen MR) is 79.7 cm³/mol. The van der Waals surface area contributed by atoms with E-state index in [4.69, 9.17) is 0 Å². The summed E-state index contributed by atoms with van der Waals surface area (Å²) in [6.45, 7) is 4.06. The van der Waals surface area contributed by atoms with Crippen molar-refractivity contribution in [3.63, 3.8) is 0 Å². The number of carbonyl (C=O) groups excluding carboxylic acids is 3. The average Bonchev–Trinajstić information content (AvgIpc) is 2.85. The molecule has 1 fully saturated rings. The van der Waals surface area contributed by atoms with Gasteiger partial charge in [-0.15, -0.1) is 11.3 Å². The van der Waals surface area contributed by atoms with E-state index in [1.54, 1.807) is 11.3 Å². The fourth-order valence-electron chi connectivity index (χ4n) is 2.26. The van der Waals surface area contributed by atoms with E-state index in [0.29, 0.717) is 12.8 Å². The third-order valence-electron chi connectivity index (χ3n) is 3.44. The molecule has 0 aliphatic carbocycles. The molecule has 1 saturated heterocycles. The summed E-state index contributed by atoms with van der Waals surface area (Å²) >= 11 is 1.76. The fourth-order valence-corrected chi connectivity index (χ4v) is 3.24. The van der Waals surface area contributed by atoms with Gasteiger partial charge in [-0.3, -0.25) is 19.9 Å². The van der Waals surface area contributed by atoms with Crippen molar-refractivity contribution in [3.05, 3.63) is 21.4 Å². The van der Waals surface area contributed by atoms with Crippen molar-refractivity contribution in [2.24, 2.45) is 0 Å². The van der Waals surface area contributed by atoms with Crippen LogP contribution in [0.5, 0.6) is 0 Å². The molecule has 4 amide bonds. The van der Waals surface area contributed by atoms with Gasteiger partial charge in [0, 0.05) is 23.2 Å². The Bertz CT molecular complexity index is 582. The van der Waals surface area contributed by atoms with E-state index < -0.39 is 6.03 Å².